The Morgan fingerprint density at radius 3 is 2.73 bits per heavy atom. The van der Waals surface area contributed by atoms with Crippen molar-refractivity contribution in [2.24, 2.45) is 0 Å². The molecule has 0 radical (unpaired) electrons. The Balaban J connectivity index is 2.30. The molecule has 1 aliphatic heterocycles. The standard InChI is InChI=1S/C13H18BrN/c1-9(2)11-5-12(7-13(14)6-11)10-3-4-15-8-10/h5-7,9-10,15H,3-4,8H2,1-2H3. The highest BCUT2D eigenvalue weighted by Crippen LogP contribution is 2.29. The Labute approximate surface area is 100 Å². The van der Waals surface area contributed by atoms with Crippen molar-refractivity contribution in [3.05, 3.63) is 33.8 Å². The van der Waals surface area contributed by atoms with Gasteiger partial charge in [-0.05, 0) is 48.1 Å². The summed E-state index contributed by atoms with van der Waals surface area (Å²) in [7, 11) is 0. The molecule has 1 N–H and O–H groups in total. The molecule has 0 bridgehead atoms. The van der Waals surface area contributed by atoms with Crippen LogP contribution in [0.15, 0.2) is 22.7 Å². The van der Waals surface area contributed by atoms with Gasteiger partial charge in [0.1, 0.15) is 0 Å². The van der Waals surface area contributed by atoms with E-state index in [1.807, 2.05) is 0 Å². The largest absolute Gasteiger partial charge is 0.316 e. The molecule has 2 heteroatoms. The van der Waals surface area contributed by atoms with Gasteiger partial charge < -0.3 is 5.32 Å². The van der Waals surface area contributed by atoms with E-state index in [1.54, 1.807) is 0 Å². The maximum atomic E-state index is 3.61. The fraction of sp³-hybridized carbons (Fsp3) is 0.538. The van der Waals surface area contributed by atoms with Crippen LogP contribution in [0, 0.1) is 0 Å². The number of rotatable bonds is 2. The van der Waals surface area contributed by atoms with Gasteiger partial charge in [-0.15, -0.1) is 0 Å². The first-order chi connectivity index (χ1) is 7.16. The van der Waals surface area contributed by atoms with Crippen molar-refractivity contribution in [2.75, 3.05) is 13.1 Å². The van der Waals surface area contributed by atoms with Crippen molar-refractivity contribution in [2.45, 2.75) is 32.1 Å². The molecule has 0 aromatic heterocycles. The van der Waals surface area contributed by atoms with Crippen molar-refractivity contribution in [3.8, 4) is 0 Å². The van der Waals surface area contributed by atoms with Crippen LogP contribution in [0.4, 0.5) is 0 Å². The summed E-state index contributed by atoms with van der Waals surface area (Å²) in [5, 5.41) is 3.42. The lowest BCUT2D eigenvalue weighted by molar-refractivity contribution is 0.756. The van der Waals surface area contributed by atoms with E-state index in [2.05, 4.69) is 53.3 Å². The lowest BCUT2D eigenvalue weighted by Crippen LogP contribution is -2.08. The molecule has 2 rings (SSSR count). The van der Waals surface area contributed by atoms with E-state index in [-0.39, 0.29) is 0 Å². The second-order valence-electron chi connectivity index (χ2n) is 4.66. The minimum Gasteiger partial charge on any atom is -0.316 e. The molecule has 0 aliphatic carbocycles. The molecule has 1 heterocycles. The summed E-state index contributed by atoms with van der Waals surface area (Å²) in [5.74, 6) is 1.32. The number of halogens is 1. The van der Waals surface area contributed by atoms with Crippen LogP contribution in [-0.2, 0) is 0 Å². The van der Waals surface area contributed by atoms with Crippen molar-refractivity contribution in [1.29, 1.82) is 0 Å². The molecule has 1 saturated heterocycles. The van der Waals surface area contributed by atoms with E-state index in [4.69, 9.17) is 0 Å². The second kappa shape index (κ2) is 4.67. The highest BCUT2D eigenvalue weighted by molar-refractivity contribution is 9.10. The van der Waals surface area contributed by atoms with Crippen LogP contribution < -0.4 is 5.32 Å². The van der Waals surface area contributed by atoms with Crippen LogP contribution in [0.25, 0.3) is 0 Å². The normalized spacial score (nSPS) is 21.2. The molecule has 1 aromatic carbocycles. The van der Waals surface area contributed by atoms with Gasteiger partial charge in [-0.3, -0.25) is 0 Å². The van der Waals surface area contributed by atoms with E-state index in [9.17, 15) is 0 Å². The number of nitrogens with one attached hydrogen (secondary N) is 1. The van der Waals surface area contributed by atoms with Crippen LogP contribution in [0.1, 0.15) is 43.2 Å². The van der Waals surface area contributed by atoms with Crippen LogP contribution in [0.2, 0.25) is 0 Å². The number of benzene rings is 1. The summed E-state index contributed by atoms with van der Waals surface area (Å²) in [6, 6.07) is 6.87. The van der Waals surface area contributed by atoms with Gasteiger partial charge in [-0.1, -0.05) is 35.8 Å². The van der Waals surface area contributed by atoms with Crippen LogP contribution in [0.5, 0.6) is 0 Å². The predicted octanol–water partition coefficient (Wildman–Crippen LogP) is 3.65. The van der Waals surface area contributed by atoms with Gasteiger partial charge in [0.25, 0.3) is 0 Å². The first-order valence-corrected chi connectivity index (χ1v) is 6.47. The molecule has 1 aromatic rings. The average Bonchev–Trinajstić information content (AvgIpc) is 2.69. The highest BCUT2D eigenvalue weighted by Gasteiger charge is 2.17. The van der Waals surface area contributed by atoms with Crippen molar-refractivity contribution < 1.29 is 0 Å². The Bertz CT molecular complexity index is 340. The molecule has 1 atom stereocenters. The van der Waals surface area contributed by atoms with Gasteiger partial charge in [-0.25, -0.2) is 0 Å². The summed E-state index contributed by atoms with van der Waals surface area (Å²) >= 11 is 3.61. The monoisotopic (exact) mass is 267 g/mol. The third-order valence-corrected chi connectivity index (χ3v) is 3.60. The third-order valence-electron chi connectivity index (χ3n) is 3.14. The maximum Gasteiger partial charge on any atom is 0.0180 e. The molecule has 82 valence electrons. The van der Waals surface area contributed by atoms with Gasteiger partial charge in [0.05, 0.1) is 0 Å². The molecule has 15 heavy (non-hydrogen) atoms. The first kappa shape index (κ1) is 11.2. The summed E-state index contributed by atoms with van der Waals surface area (Å²) in [4.78, 5) is 0. The average molecular weight is 268 g/mol. The molecular formula is C13H18BrN. The lowest BCUT2D eigenvalue weighted by Gasteiger charge is -2.13. The summed E-state index contributed by atoms with van der Waals surface area (Å²) in [5.41, 5.74) is 2.92. The Morgan fingerprint density at radius 1 is 1.33 bits per heavy atom. The molecule has 0 saturated carbocycles. The molecule has 1 fully saturated rings. The topological polar surface area (TPSA) is 12.0 Å². The van der Waals surface area contributed by atoms with Crippen molar-refractivity contribution in [3.63, 3.8) is 0 Å². The fourth-order valence-electron chi connectivity index (χ4n) is 2.14. The van der Waals surface area contributed by atoms with Crippen LogP contribution >= 0.6 is 15.9 Å². The number of hydrogen-bond donors (Lipinski definition) is 1. The van der Waals surface area contributed by atoms with Gasteiger partial charge in [0.2, 0.25) is 0 Å². The summed E-state index contributed by atoms with van der Waals surface area (Å²) in [6.07, 6.45) is 1.27. The molecule has 1 nitrogen and oxygen atoms in total. The minimum absolute atomic E-state index is 0.607. The minimum atomic E-state index is 0.607. The quantitative estimate of drug-likeness (QED) is 0.863. The van der Waals surface area contributed by atoms with E-state index >= 15 is 0 Å². The van der Waals surface area contributed by atoms with Gasteiger partial charge in [0.15, 0.2) is 0 Å². The summed E-state index contributed by atoms with van der Waals surface area (Å²) in [6.45, 7) is 6.79. The van der Waals surface area contributed by atoms with E-state index in [1.165, 1.54) is 22.0 Å². The molecule has 0 spiro atoms. The SMILES string of the molecule is CC(C)c1cc(Br)cc(C2CCNC2)c1. The van der Waals surface area contributed by atoms with E-state index < -0.39 is 0 Å². The fourth-order valence-corrected chi connectivity index (χ4v) is 2.67. The molecule has 1 aliphatic rings. The van der Waals surface area contributed by atoms with Crippen molar-refractivity contribution in [1.82, 2.24) is 5.32 Å². The van der Waals surface area contributed by atoms with Gasteiger partial charge in [0, 0.05) is 11.0 Å². The van der Waals surface area contributed by atoms with Gasteiger partial charge >= 0.3 is 0 Å². The predicted molar refractivity (Wildman–Crippen MR) is 68.5 cm³/mol. The molecule has 1 unspecified atom stereocenters. The number of hydrogen-bond acceptors (Lipinski definition) is 1. The van der Waals surface area contributed by atoms with Crippen LogP contribution in [-0.4, -0.2) is 13.1 Å². The lowest BCUT2D eigenvalue weighted by atomic mass is 9.93. The molecular weight excluding hydrogens is 250 g/mol. The van der Waals surface area contributed by atoms with Crippen LogP contribution in [0.3, 0.4) is 0 Å². The third kappa shape index (κ3) is 2.61. The zero-order valence-corrected chi connectivity index (χ0v) is 11.0. The zero-order valence-electron chi connectivity index (χ0n) is 9.39. The second-order valence-corrected chi connectivity index (χ2v) is 5.58. The smallest absolute Gasteiger partial charge is 0.0180 e. The highest BCUT2D eigenvalue weighted by atomic mass is 79.9. The van der Waals surface area contributed by atoms with Crippen molar-refractivity contribution >= 4 is 15.9 Å². The first-order valence-electron chi connectivity index (χ1n) is 5.68. The summed E-state index contributed by atoms with van der Waals surface area (Å²) < 4.78 is 1.22. The van der Waals surface area contributed by atoms with Gasteiger partial charge in [-0.2, -0.15) is 0 Å². The van der Waals surface area contributed by atoms with E-state index in [0.717, 1.165) is 13.1 Å². The maximum absolute atomic E-state index is 3.61. The Hall–Kier alpha value is -0.340. The Kier molecular flexibility index (Phi) is 3.47. The molecule has 0 amide bonds. The zero-order chi connectivity index (χ0) is 10.8. The Morgan fingerprint density at radius 2 is 2.13 bits per heavy atom. The van der Waals surface area contributed by atoms with E-state index in [0.29, 0.717) is 11.8 Å².